The highest BCUT2D eigenvalue weighted by atomic mass is 32.2. The molecule has 18 heavy (non-hydrogen) atoms. The van der Waals surface area contributed by atoms with E-state index in [1.807, 2.05) is 0 Å². The lowest BCUT2D eigenvalue weighted by Crippen LogP contribution is -2.43. The van der Waals surface area contributed by atoms with Crippen molar-refractivity contribution in [1.82, 2.24) is 14.3 Å². The molecule has 0 saturated heterocycles. The summed E-state index contributed by atoms with van der Waals surface area (Å²) < 4.78 is 30.7. The zero-order valence-corrected chi connectivity index (χ0v) is 11.5. The lowest BCUT2D eigenvalue weighted by Gasteiger charge is -2.16. The molecule has 0 fully saturated rings. The van der Waals surface area contributed by atoms with Crippen LogP contribution >= 0.6 is 0 Å². The summed E-state index contributed by atoms with van der Waals surface area (Å²) in [4.78, 5) is 22.0. The fraction of sp³-hybridized carbons (Fsp3) is 0.778. The molecule has 0 atom stereocenters. The van der Waals surface area contributed by atoms with Gasteiger partial charge in [-0.05, 0) is 6.92 Å². The molecule has 0 bridgehead atoms. The molecule has 106 valence electrons. The summed E-state index contributed by atoms with van der Waals surface area (Å²) >= 11 is 0. The molecule has 0 spiro atoms. The lowest BCUT2D eigenvalue weighted by atomic mass is 10.4. The highest BCUT2D eigenvalue weighted by Gasteiger charge is 2.19. The average Bonchev–Trinajstić information content (AvgIpc) is 2.33. The van der Waals surface area contributed by atoms with Crippen LogP contribution in [0.15, 0.2) is 0 Å². The molecular formula is C9H19N3O5S. The van der Waals surface area contributed by atoms with Crippen molar-refractivity contribution in [1.29, 1.82) is 0 Å². The monoisotopic (exact) mass is 281 g/mol. The minimum absolute atomic E-state index is 0.0165. The van der Waals surface area contributed by atoms with E-state index in [0.29, 0.717) is 6.54 Å². The third-order valence-electron chi connectivity index (χ3n) is 2.06. The Bertz CT molecular complexity index is 382. The normalized spacial score (nSPS) is 11.3. The second-order valence-corrected chi connectivity index (χ2v) is 5.29. The molecule has 0 saturated carbocycles. The second-order valence-electron chi connectivity index (χ2n) is 3.43. The Balaban J connectivity index is 4.19. The first-order chi connectivity index (χ1) is 8.33. The highest BCUT2D eigenvalue weighted by molar-refractivity contribution is 7.87. The summed E-state index contributed by atoms with van der Waals surface area (Å²) in [7, 11) is -1.23. The Kier molecular flexibility index (Phi) is 7.48. The summed E-state index contributed by atoms with van der Waals surface area (Å²) in [5.41, 5.74) is 0. The fourth-order valence-corrected chi connectivity index (χ4v) is 1.86. The van der Waals surface area contributed by atoms with Crippen LogP contribution in [0.1, 0.15) is 13.3 Å². The van der Waals surface area contributed by atoms with Gasteiger partial charge in [-0.1, -0.05) is 0 Å². The smallest absolute Gasteiger partial charge is 0.306 e. The number of methoxy groups -OCH3 is 1. The topological polar surface area (TPSA) is 105 Å². The van der Waals surface area contributed by atoms with Gasteiger partial charge in [0.05, 0.1) is 20.1 Å². The van der Waals surface area contributed by atoms with E-state index in [-0.39, 0.29) is 19.5 Å². The van der Waals surface area contributed by atoms with Crippen LogP contribution in [0.25, 0.3) is 0 Å². The number of carbonyl (C=O) groups is 2. The number of hydrogen-bond donors (Lipinski definition) is 2. The Morgan fingerprint density at radius 2 is 1.94 bits per heavy atom. The van der Waals surface area contributed by atoms with Crippen molar-refractivity contribution in [2.45, 2.75) is 13.3 Å². The van der Waals surface area contributed by atoms with Gasteiger partial charge >= 0.3 is 5.97 Å². The van der Waals surface area contributed by atoms with E-state index in [4.69, 9.17) is 0 Å². The molecule has 0 aliphatic rings. The van der Waals surface area contributed by atoms with Gasteiger partial charge in [-0.2, -0.15) is 17.4 Å². The van der Waals surface area contributed by atoms with Gasteiger partial charge in [-0.3, -0.25) is 9.59 Å². The molecule has 9 heteroatoms. The van der Waals surface area contributed by atoms with Gasteiger partial charge in [0, 0.05) is 20.1 Å². The zero-order valence-electron chi connectivity index (χ0n) is 10.7. The summed E-state index contributed by atoms with van der Waals surface area (Å²) in [5, 5.41) is 2.46. The quantitative estimate of drug-likeness (QED) is 0.524. The van der Waals surface area contributed by atoms with Crippen LogP contribution in [0.5, 0.6) is 0 Å². The van der Waals surface area contributed by atoms with E-state index in [2.05, 4.69) is 14.8 Å². The van der Waals surface area contributed by atoms with Crippen LogP contribution in [-0.2, 0) is 24.5 Å². The number of ether oxygens (including phenoxy) is 1. The maximum absolute atomic E-state index is 11.6. The predicted molar refractivity (Wildman–Crippen MR) is 64.9 cm³/mol. The first-order valence-corrected chi connectivity index (χ1v) is 6.82. The first kappa shape index (κ1) is 16.8. The first-order valence-electron chi connectivity index (χ1n) is 5.38. The molecule has 0 heterocycles. The van der Waals surface area contributed by atoms with Crippen molar-refractivity contribution in [3.63, 3.8) is 0 Å². The maximum atomic E-state index is 11.6. The molecule has 1 amide bonds. The Hall–Kier alpha value is -1.19. The number of amides is 1. The number of likely N-dealkylation sites (N-methyl/N-ethyl adjacent to an activating group) is 1. The van der Waals surface area contributed by atoms with Gasteiger partial charge < -0.3 is 10.1 Å². The van der Waals surface area contributed by atoms with Gasteiger partial charge in [0.15, 0.2) is 0 Å². The van der Waals surface area contributed by atoms with Crippen molar-refractivity contribution >= 4 is 22.1 Å². The standard InChI is InChI=1S/C9H19N3O5S/c1-4-10-8(13)7-11-18(15,16)12(2)6-5-9(14)17-3/h11H,4-7H2,1-3H3,(H,10,13). The van der Waals surface area contributed by atoms with E-state index >= 15 is 0 Å². The number of nitrogens with one attached hydrogen (secondary N) is 2. The Labute approximate surface area is 107 Å². The number of nitrogens with zero attached hydrogens (tertiary/aromatic N) is 1. The van der Waals surface area contributed by atoms with Crippen LogP contribution in [-0.4, -0.2) is 58.4 Å². The molecular weight excluding hydrogens is 262 g/mol. The molecule has 2 N–H and O–H groups in total. The van der Waals surface area contributed by atoms with Crippen molar-refractivity contribution in [3.8, 4) is 0 Å². The van der Waals surface area contributed by atoms with Crippen LogP contribution in [0, 0.1) is 0 Å². The molecule has 0 aromatic heterocycles. The largest absolute Gasteiger partial charge is 0.469 e. The highest BCUT2D eigenvalue weighted by Crippen LogP contribution is 1.96. The molecule has 0 unspecified atom stereocenters. The molecule has 0 aromatic rings. The Morgan fingerprint density at radius 1 is 1.33 bits per heavy atom. The summed E-state index contributed by atoms with van der Waals surface area (Å²) in [6.07, 6.45) is -0.0466. The SMILES string of the molecule is CCNC(=O)CNS(=O)(=O)N(C)CCC(=O)OC. The second kappa shape index (κ2) is 8.01. The molecule has 8 nitrogen and oxygen atoms in total. The van der Waals surface area contributed by atoms with E-state index in [0.717, 1.165) is 4.31 Å². The van der Waals surface area contributed by atoms with E-state index < -0.39 is 22.1 Å². The number of rotatable bonds is 8. The number of carbonyl (C=O) groups excluding carboxylic acids is 2. The minimum Gasteiger partial charge on any atom is -0.469 e. The van der Waals surface area contributed by atoms with E-state index in [1.54, 1.807) is 6.92 Å². The zero-order chi connectivity index (χ0) is 14.2. The maximum Gasteiger partial charge on any atom is 0.306 e. The van der Waals surface area contributed by atoms with Crippen LogP contribution < -0.4 is 10.0 Å². The molecule has 0 aliphatic heterocycles. The third-order valence-corrected chi connectivity index (χ3v) is 3.57. The average molecular weight is 281 g/mol. The van der Waals surface area contributed by atoms with Gasteiger partial charge in [0.1, 0.15) is 0 Å². The number of esters is 1. The molecule has 0 aliphatic carbocycles. The van der Waals surface area contributed by atoms with Crippen LogP contribution in [0.4, 0.5) is 0 Å². The Morgan fingerprint density at radius 3 is 2.44 bits per heavy atom. The summed E-state index contributed by atoms with van der Waals surface area (Å²) in [5.74, 6) is -0.914. The lowest BCUT2D eigenvalue weighted by molar-refractivity contribution is -0.140. The van der Waals surface area contributed by atoms with E-state index in [9.17, 15) is 18.0 Å². The van der Waals surface area contributed by atoms with Crippen LogP contribution in [0.2, 0.25) is 0 Å². The van der Waals surface area contributed by atoms with Crippen molar-refractivity contribution in [2.75, 3.05) is 33.8 Å². The molecule has 0 radical (unpaired) electrons. The van der Waals surface area contributed by atoms with Crippen molar-refractivity contribution in [3.05, 3.63) is 0 Å². The third kappa shape index (κ3) is 6.52. The van der Waals surface area contributed by atoms with Gasteiger partial charge in [-0.25, -0.2) is 0 Å². The van der Waals surface area contributed by atoms with Gasteiger partial charge in [0.25, 0.3) is 10.2 Å². The molecule has 0 aromatic carbocycles. The predicted octanol–water partition coefficient (Wildman–Crippen LogP) is -1.55. The number of hydrogen-bond acceptors (Lipinski definition) is 5. The van der Waals surface area contributed by atoms with Gasteiger partial charge in [-0.15, -0.1) is 0 Å². The van der Waals surface area contributed by atoms with Gasteiger partial charge in [0.2, 0.25) is 5.91 Å². The summed E-state index contributed by atoms with van der Waals surface area (Å²) in [6.45, 7) is 1.81. The van der Waals surface area contributed by atoms with Crippen LogP contribution in [0.3, 0.4) is 0 Å². The summed E-state index contributed by atoms with van der Waals surface area (Å²) in [6, 6.07) is 0. The van der Waals surface area contributed by atoms with Crippen molar-refractivity contribution in [2.24, 2.45) is 0 Å². The fourth-order valence-electron chi connectivity index (χ4n) is 0.998. The molecule has 0 rings (SSSR count). The van der Waals surface area contributed by atoms with E-state index in [1.165, 1.54) is 14.2 Å². The minimum atomic E-state index is -3.76. The van der Waals surface area contributed by atoms with Crippen molar-refractivity contribution < 1.29 is 22.7 Å².